The highest BCUT2D eigenvalue weighted by Crippen LogP contribution is 2.50. The van der Waals surface area contributed by atoms with Gasteiger partial charge in [0.05, 0.1) is 5.69 Å². The minimum Gasteiger partial charge on any atom is -0.311 e. The second-order valence-corrected chi connectivity index (χ2v) is 22.6. The van der Waals surface area contributed by atoms with E-state index in [0.717, 1.165) is 0 Å². The smallest absolute Gasteiger partial charge is 0.252 e. The van der Waals surface area contributed by atoms with Crippen LogP contribution in [0.3, 0.4) is 0 Å². The van der Waals surface area contributed by atoms with E-state index in [1.54, 1.807) is 22.3 Å². The lowest BCUT2D eigenvalue weighted by Gasteiger charge is -2.46. The average Bonchev–Trinajstić information content (AvgIpc) is 3.15. The van der Waals surface area contributed by atoms with Crippen LogP contribution < -0.4 is 26.2 Å². The number of fused-ring (bicyclic) bond motifs is 6. The number of benzene rings is 5. The van der Waals surface area contributed by atoms with Crippen LogP contribution in [0.1, 0.15) is 159 Å². The summed E-state index contributed by atoms with van der Waals surface area (Å²) in [6.45, 7) is 30.9. The zero-order valence-electron chi connectivity index (χ0n) is 38.1. The van der Waals surface area contributed by atoms with Crippen molar-refractivity contribution in [2.75, 3.05) is 9.80 Å². The van der Waals surface area contributed by atoms with Crippen molar-refractivity contribution in [2.45, 2.75) is 163 Å². The highest BCUT2D eigenvalue weighted by molar-refractivity contribution is 7.00. The van der Waals surface area contributed by atoms with Crippen molar-refractivity contribution in [1.82, 2.24) is 0 Å². The maximum atomic E-state index is 2.81. The first-order valence-electron chi connectivity index (χ1n) is 22.6. The molecule has 0 amide bonds. The molecule has 0 spiro atoms. The van der Waals surface area contributed by atoms with Crippen LogP contribution in [0.4, 0.5) is 34.1 Å². The van der Waals surface area contributed by atoms with Crippen LogP contribution in [-0.2, 0) is 47.3 Å². The highest BCUT2D eigenvalue weighted by atomic mass is 15.2. The number of hydrogen-bond acceptors (Lipinski definition) is 2. The Hall–Kier alpha value is -4.24. The molecule has 5 aromatic rings. The molecule has 300 valence electrons. The summed E-state index contributed by atoms with van der Waals surface area (Å²) in [6, 6.07) is 30.2. The third-order valence-corrected chi connectivity index (χ3v) is 14.0. The standard InChI is InChI=1S/C55H67BN2/c1-34-26-48-50-49(27-34)58(51-42-20-16-14-18-35(42)28-36-19-15-17-21-43(36)51)47-25-23-38(53(5,6)7)33-45(47)56(50)44-32-37(52(2,3)4)22-24-46(44)57(48)41-30-39(54(8,9)10)29-40(31-41)55(11,12)13/h22-33H,14-21H2,1-13H3. The van der Waals surface area contributed by atoms with Gasteiger partial charge in [-0.15, -0.1) is 0 Å². The lowest BCUT2D eigenvalue weighted by Crippen LogP contribution is -2.62. The summed E-state index contributed by atoms with van der Waals surface area (Å²) in [4.78, 5) is 5.47. The lowest BCUT2D eigenvalue weighted by atomic mass is 9.33. The molecule has 0 saturated heterocycles. The minimum atomic E-state index is 0.00385. The predicted octanol–water partition coefficient (Wildman–Crippen LogP) is 13.0. The molecule has 2 aliphatic carbocycles. The monoisotopic (exact) mass is 767 g/mol. The zero-order chi connectivity index (χ0) is 41.3. The zero-order valence-corrected chi connectivity index (χ0v) is 38.1. The van der Waals surface area contributed by atoms with Crippen molar-refractivity contribution in [2.24, 2.45) is 0 Å². The summed E-state index contributed by atoms with van der Waals surface area (Å²) in [5, 5.41) is 0. The Bertz CT molecular complexity index is 2410. The topological polar surface area (TPSA) is 6.48 Å². The Morgan fingerprint density at radius 2 is 0.862 bits per heavy atom. The quantitative estimate of drug-likeness (QED) is 0.162. The van der Waals surface area contributed by atoms with Gasteiger partial charge in [-0.25, -0.2) is 0 Å². The molecule has 3 heteroatoms. The summed E-state index contributed by atoms with van der Waals surface area (Å²) in [7, 11) is 0. The first-order valence-corrected chi connectivity index (χ1v) is 22.6. The number of anilines is 6. The fourth-order valence-corrected chi connectivity index (χ4v) is 10.6. The van der Waals surface area contributed by atoms with E-state index in [0.29, 0.717) is 0 Å². The largest absolute Gasteiger partial charge is 0.311 e. The van der Waals surface area contributed by atoms with Crippen LogP contribution in [-0.4, -0.2) is 6.71 Å². The van der Waals surface area contributed by atoms with Gasteiger partial charge in [-0.3, -0.25) is 0 Å². The molecular weight excluding hydrogens is 699 g/mol. The van der Waals surface area contributed by atoms with E-state index in [1.165, 1.54) is 130 Å². The second kappa shape index (κ2) is 13.4. The van der Waals surface area contributed by atoms with Gasteiger partial charge in [0.25, 0.3) is 6.71 Å². The molecule has 0 bridgehead atoms. The normalized spacial score (nSPS) is 16.4. The molecule has 4 aliphatic rings. The van der Waals surface area contributed by atoms with Crippen LogP contribution in [0, 0.1) is 6.92 Å². The molecule has 9 rings (SSSR count). The van der Waals surface area contributed by atoms with Gasteiger partial charge in [-0.2, -0.15) is 0 Å². The lowest BCUT2D eigenvalue weighted by molar-refractivity contribution is 0.568. The van der Waals surface area contributed by atoms with E-state index < -0.39 is 0 Å². The van der Waals surface area contributed by atoms with Crippen molar-refractivity contribution in [3.8, 4) is 0 Å². The van der Waals surface area contributed by atoms with E-state index in [9.17, 15) is 0 Å². The maximum Gasteiger partial charge on any atom is 0.252 e. The fourth-order valence-electron chi connectivity index (χ4n) is 10.6. The third-order valence-electron chi connectivity index (χ3n) is 14.0. The van der Waals surface area contributed by atoms with Crippen LogP contribution >= 0.6 is 0 Å². The molecule has 0 saturated carbocycles. The molecular formula is C55H67BN2. The van der Waals surface area contributed by atoms with Crippen molar-refractivity contribution in [1.29, 1.82) is 0 Å². The summed E-state index contributed by atoms with van der Waals surface area (Å²) in [5.41, 5.74) is 25.9. The molecule has 0 atom stereocenters. The van der Waals surface area contributed by atoms with Gasteiger partial charge in [0.1, 0.15) is 0 Å². The van der Waals surface area contributed by atoms with Crippen LogP contribution in [0.25, 0.3) is 0 Å². The van der Waals surface area contributed by atoms with Crippen molar-refractivity contribution >= 4 is 57.2 Å². The molecule has 2 heterocycles. The molecule has 0 fully saturated rings. The van der Waals surface area contributed by atoms with Gasteiger partial charge in [-0.05, 0) is 183 Å². The van der Waals surface area contributed by atoms with E-state index in [1.807, 2.05) is 0 Å². The van der Waals surface area contributed by atoms with Crippen LogP contribution in [0.2, 0.25) is 0 Å². The van der Waals surface area contributed by atoms with E-state index in [2.05, 4.69) is 173 Å². The molecule has 0 aromatic heterocycles. The van der Waals surface area contributed by atoms with Gasteiger partial charge < -0.3 is 9.80 Å². The Morgan fingerprint density at radius 1 is 0.431 bits per heavy atom. The molecule has 0 radical (unpaired) electrons. The Balaban J connectivity index is 1.43. The number of nitrogens with zero attached hydrogens (tertiary/aromatic N) is 2. The minimum absolute atomic E-state index is 0.00385. The van der Waals surface area contributed by atoms with Crippen molar-refractivity contribution in [3.63, 3.8) is 0 Å². The van der Waals surface area contributed by atoms with Crippen LogP contribution in [0.5, 0.6) is 0 Å². The molecule has 0 N–H and O–H groups in total. The third kappa shape index (κ3) is 6.45. The summed E-state index contributed by atoms with van der Waals surface area (Å²) in [5.74, 6) is 0. The summed E-state index contributed by atoms with van der Waals surface area (Å²) >= 11 is 0. The van der Waals surface area contributed by atoms with Gasteiger partial charge in [0.15, 0.2) is 0 Å². The van der Waals surface area contributed by atoms with E-state index >= 15 is 0 Å². The second-order valence-electron chi connectivity index (χ2n) is 22.6. The highest BCUT2D eigenvalue weighted by Gasteiger charge is 2.45. The predicted molar refractivity (Wildman–Crippen MR) is 253 cm³/mol. The van der Waals surface area contributed by atoms with Gasteiger partial charge in [0, 0.05) is 28.4 Å². The Kier molecular flexibility index (Phi) is 9.06. The van der Waals surface area contributed by atoms with Gasteiger partial charge in [-0.1, -0.05) is 119 Å². The maximum absolute atomic E-state index is 2.81. The number of hydrogen-bond donors (Lipinski definition) is 0. The Labute approximate surface area is 351 Å². The summed E-state index contributed by atoms with van der Waals surface area (Å²) < 4.78 is 0. The van der Waals surface area contributed by atoms with Gasteiger partial charge >= 0.3 is 0 Å². The number of rotatable bonds is 2. The van der Waals surface area contributed by atoms with E-state index in [4.69, 9.17) is 0 Å². The molecule has 0 unspecified atom stereocenters. The Morgan fingerprint density at radius 3 is 1.33 bits per heavy atom. The van der Waals surface area contributed by atoms with Crippen LogP contribution in [0.15, 0.2) is 72.8 Å². The first-order chi connectivity index (χ1) is 27.2. The number of aryl methyl sites for hydroxylation is 3. The molecule has 2 aliphatic heterocycles. The van der Waals surface area contributed by atoms with E-state index in [-0.39, 0.29) is 28.4 Å². The fraction of sp³-hybridized carbons (Fsp3) is 0.455. The van der Waals surface area contributed by atoms with Gasteiger partial charge in [0.2, 0.25) is 0 Å². The molecule has 58 heavy (non-hydrogen) atoms. The SMILES string of the molecule is Cc1cc2c3c(c1)N(c1c4c(cc5c1CCCC5)CCCC4)c1ccc(C(C)(C)C)cc1B3c1cc(C(C)(C)C)ccc1N2c1cc(C(C)(C)C)cc(C(C)(C)C)c1. The van der Waals surface area contributed by atoms with Crippen molar-refractivity contribution in [3.05, 3.63) is 123 Å². The van der Waals surface area contributed by atoms with Crippen molar-refractivity contribution < 1.29 is 0 Å². The average molecular weight is 767 g/mol. The molecule has 2 nitrogen and oxygen atoms in total. The molecule has 5 aromatic carbocycles. The first kappa shape index (κ1) is 39.2. The summed E-state index contributed by atoms with van der Waals surface area (Å²) in [6.07, 6.45) is 9.87.